The first-order chi connectivity index (χ1) is 5.31. The number of fused-ring (bicyclic) bond motifs is 2. The molecular weight excluding hydrogens is 160 g/mol. The molecule has 0 amide bonds. The molecular formula is C8H12O2S. The van der Waals surface area contributed by atoms with Crippen LogP contribution < -0.4 is 0 Å². The van der Waals surface area contributed by atoms with Crippen molar-refractivity contribution in [3.05, 3.63) is 0 Å². The van der Waals surface area contributed by atoms with Gasteiger partial charge in [-0.25, -0.2) is 0 Å². The Morgan fingerprint density at radius 3 is 2.82 bits per heavy atom. The molecule has 0 radical (unpaired) electrons. The minimum Gasteiger partial charge on any atom is -0.469 e. The molecule has 2 heterocycles. The summed E-state index contributed by atoms with van der Waals surface area (Å²) in [6.45, 7) is 0. The number of ether oxygens (including phenoxy) is 1. The zero-order chi connectivity index (χ0) is 7.84. The molecule has 0 aliphatic carbocycles. The molecule has 0 aromatic rings. The second-order valence-corrected chi connectivity index (χ2v) is 4.78. The van der Waals surface area contributed by atoms with E-state index in [-0.39, 0.29) is 11.9 Å². The van der Waals surface area contributed by atoms with Gasteiger partial charge in [-0.1, -0.05) is 0 Å². The Kier molecular flexibility index (Phi) is 1.83. The van der Waals surface area contributed by atoms with Crippen LogP contribution in [0.15, 0.2) is 0 Å². The first-order valence-corrected chi connectivity index (χ1v) is 4.99. The Hall–Kier alpha value is -0.180. The van der Waals surface area contributed by atoms with Gasteiger partial charge in [0.05, 0.1) is 13.0 Å². The SMILES string of the molecule is COC(=O)C1CC2CCC1S2. The predicted molar refractivity (Wildman–Crippen MR) is 44.5 cm³/mol. The van der Waals surface area contributed by atoms with E-state index in [1.807, 2.05) is 11.8 Å². The standard InChI is InChI=1S/C8H12O2S/c1-10-8(9)6-4-5-2-3-7(6)11-5/h5-7H,2-4H2,1H3. The summed E-state index contributed by atoms with van der Waals surface area (Å²) in [5, 5.41) is 1.33. The smallest absolute Gasteiger partial charge is 0.309 e. The third kappa shape index (κ3) is 1.15. The van der Waals surface area contributed by atoms with Crippen LogP contribution in [0.25, 0.3) is 0 Å². The van der Waals surface area contributed by atoms with Crippen LogP contribution in [-0.2, 0) is 9.53 Å². The maximum atomic E-state index is 11.2. The highest BCUT2D eigenvalue weighted by Gasteiger charge is 2.44. The minimum atomic E-state index is 0.00435. The zero-order valence-electron chi connectivity index (χ0n) is 6.58. The van der Waals surface area contributed by atoms with E-state index in [0.717, 1.165) is 11.7 Å². The van der Waals surface area contributed by atoms with Gasteiger partial charge in [0.1, 0.15) is 0 Å². The van der Waals surface area contributed by atoms with Crippen molar-refractivity contribution >= 4 is 17.7 Å². The van der Waals surface area contributed by atoms with Crippen LogP contribution >= 0.6 is 11.8 Å². The minimum absolute atomic E-state index is 0.00435. The molecule has 2 fully saturated rings. The Labute approximate surface area is 70.7 Å². The van der Waals surface area contributed by atoms with E-state index >= 15 is 0 Å². The molecule has 0 spiro atoms. The van der Waals surface area contributed by atoms with Crippen molar-refractivity contribution < 1.29 is 9.53 Å². The van der Waals surface area contributed by atoms with E-state index < -0.39 is 0 Å². The summed E-state index contributed by atoms with van der Waals surface area (Å²) < 4.78 is 4.73. The summed E-state index contributed by atoms with van der Waals surface area (Å²) in [5.74, 6) is 0.216. The van der Waals surface area contributed by atoms with Gasteiger partial charge in [0.2, 0.25) is 0 Å². The molecule has 2 aliphatic heterocycles. The normalized spacial score (nSPS) is 41.0. The Morgan fingerprint density at radius 2 is 2.36 bits per heavy atom. The number of rotatable bonds is 1. The van der Waals surface area contributed by atoms with Gasteiger partial charge in [0, 0.05) is 10.5 Å². The molecule has 0 N–H and O–H groups in total. The van der Waals surface area contributed by atoms with E-state index in [2.05, 4.69) is 0 Å². The third-order valence-corrected chi connectivity index (χ3v) is 4.34. The van der Waals surface area contributed by atoms with Gasteiger partial charge in [-0.05, 0) is 19.3 Å². The highest BCUT2D eigenvalue weighted by Crippen LogP contribution is 2.49. The van der Waals surface area contributed by atoms with Crippen molar-refractivity contribution in [3.8, 4) is 0 Å². The van der Waals surface area contributed by atoms with Crippen LogP contribution in [0.3, 0.4) is 0 Å². The van der Waals surface area contributed by atoms with Gasteiger partial charge in [0.25, 0.3) is 0 Å². The molecule has 11 heavy (non-hydrogen) atoms. The molecule has 2 rings (SSSR count). The molecule has 2 aliphatic rings. The van der Waals surface area contributed by atoms with E-state index in [9.17, 15) is 4.79 Å². The second-order valence-electron chi connectivity index (χ2n) is 3.24. The van der Waals surface area contributed by atoms with Crippen LogP contribution in [-0.4, -0.2) is 23.6 Å². The fourth-order valence-corrected chi connectivity index (χ4v) is 3.81. The maximum absolute atomic E-state index is 11.2. The van der Waals surface area contributed by atoms with Crippen molar-refractivity contribution in [2.24, 2.45) is 5.92 Å². The largest absolute Gasteiger partial charge is 0.469 e. The van der Waals surface area contributed by atoms with Crippen LogP contribution in [0.5, 0.6) is 0 Å². The Balaban J connectivity index is 2.02. The van der Waals surface area contributed by atoms with Crippen molar-refractivity contribution in [1.29, 1.82) is 0 Å². The molecule has 62 valence electrons. The second kappa shape index (κ2) is 2.70. The summed E-state index contributed by atoms with van der Waals surface area (Å²) in [4.78, 5) is 11.2. The third-order valence-electron chi connectivity index (χ3n) is 2.61. The molecule has 0 saturated carbocycles. The molecule has 3 heteroatoms. The number of carbonyl (C=O) groups excluding carboxylic acids is 1. The summed E-state index contributed by atoms with van der Waals surface area (Å²) in [5.41, 5.74) is 0. The lowest BCUT2D eigenvalue weighted by molar-refractivity contribution is -0.145. The quantitative estimate of drug-likeness (QED) is 0.560. The number of esters is 1. The first-order valence-electron chi connectivity index (χ1n) is 4.04. The average Bonchev–Trinajstić information content (AvgIpc) is 2.62. The average molecular weight is 172 g/mol. The highest BCUT2D eigenvalue weighted by atomic mass is 32.2. The molecule has 0 aromatic carbocycles. The van der Waals surface area contributed by atoms with Crippen LogP contribution in [0, 0.1) is 5.92 Å². The molecule has 2 nitrogen and oxygen atoms in total. The molecule has 3 unspecified atom stereocenters. The monoisotopic (exact) mass is 172 g/mol. The number of hydrogen-bond acceptors (Lipinski definition) is 3. The fraction of sp³-hybridized carbons (Fsp3) is 0.875. The van der Waals surface area contributed by atoms with Crippen LogP contribution in [0.2, 0.25) is 0 Å². The van der Waals surface area contributed by atoms with E-state index in [4.69, 9.17) is 4.74 Å². The Bertz CT molecular complexity index is 181. The topological polar surface area (TPSA) is 26.3 Å². The number of hydrogen-bond donors (Lipinski definition) is 0. The van der Waals surface area contributed by atoms with Crippen molar-refractivity contribution in [2.45, 2.75) is 29.8 Å². The van der Waals surface area contributed by atoms with Crippen molar-refractivity contribution in [3.63, 3.8) is 0 Å². The molecule has 2 bridgehead atoms. The van der Waals surface area contributed by atoms with Gasteiger partial charge in [-0.2, -0.15) is 11.8 Å². The molecule has 3 atom stereocenters. The van der Waals surface area contributed by atoms with Crippen molar-refractivity contribution in [2.75, 3.05) is 7.11 Å². The van der Waals surface area contributed by atoms with Gasteiger partial charge in [-0.15, -0.1) is 0 Å². The van der Waals surface area contributed by atoms with Crippen LogP contribution in [0.4, 0.5) is 0 Å². The number of methoxy groups -OCH3 is 1. The van der Waals surface area contributed by atoms with E-state index in [1.54, 1.807) is 0 Å². The maximum Gasteiger partial charge on any atom is 0.309 e. The lowest BCUT2D eigenvalue weighted by Crippen LogP contribution is -2.25. The lowest BCUT2D eigenvalue weighted by atomic mass is 9.89. The van der Waals surface area contributed by atoms with Gasteiger partial charge < -0.3 is 4.74 Å². The lowest BCUT2D eigenvalue weighted by Gasteiger charge is -2.16. The fourth-order valence-electron chi connectivity index (χ4n) is 2.04. The zero-order valence-corrected chi connectivity index (χ0v) is 7.39. The van der Waals surface area contributed by atoms with E-state index in [0.29, 0.717) is 5.25 Å². The van der Waals surface area contributed by atoms with Gasteiger partial charge >= 0.3 is 5.97 Å². The molecule has 2 saturated heterocycles. The summed E-state index contributed by atoms with van der Waals surface area (Å²) in [7, 11) is 1.49. The van der Waals surface area contributed by atoms with Crippen LogP contribution in [0.1, 0.15) is 19.3 Å². The Morgan fingerprint density at radius 1 is 1.55 bits per heavy atom. The van der Waals surface area contributed by atoms with Gasteiger partial charge in [0.15, 0.2) is 0 Å². The number of carbonyl (C=O) groups is 1. The molecule has 0 aromatic heterocycles. The van der Waals surface area contributed by atoms with Crippen molar-refractivity contribution in [1.82, 2.24) is 0 Å². The summed E-state index contributed by atoms with van der Waals surface area (Å²) >= 11 is 1.98. The highest BCUT2D eigenvalue weighted by molar-refractivity contribution is 8.01. The van der Waals surface area contributed by atoms with Gasteiger partial charge in [-0.3, -0.25) is 4.79 Å². The number of thioether (sulfide) groups is 1. The summed E-state index contributed by atoms with van der Waals surface area (Å²) in [6.07, 6.45) is 3.58. The van der Waals surface area contributed by atoms with E-state index in [1.165, 1.54) is 20.0 Å². The predicted octanol–water partition coefficient (Wildman–Crippen LogP) is 1.44. The summed E-state index contributed by atoms with van der Waals surface area (Å²) in [6, 6.07) is 0. The first kappa shape index (κ1) is 7.47.